The summed E-state index contributed by atoms with van der Waals surface area (Å²) in [6.07, 6.45) is 2.93. The molecule has 0 saturated carbocycles. The summed E-state index contributed by atoms with van der Waals surface area (Å²) in [6, 6.07) is 0. The van der Waals surface area contributed by atoms with Crippen LogP contribution in [0.4, 0.5) is 0 Å². The Morgan fingerprint density at radius 2 is 1.76 bits per heavy atom. The van der Waals surface area contributed by atoms with Gasteiger partial charge in [0.15, 0.2) is 12.2 Å². The van der Waals surface area contributed by atoms with E-state index < -0.39 is 48.4 Å². The van der Waals surface area contributed by atoms with E-state index in [2.05, 4.69) is 6.58 Å². The van der Waals surface area contributed by atoms with Crippen LogP contribution < -0.4 is 0 Å². The molecule has 0 amide bonds. The van der Waals surface area contributed by atoms with E-state index in [0.29, 0.717) is 24.0 Å². The number of carbonyl (C=O) groups is 3. The van der Waals surface area contributed by atoms with Crippen LogP contribution in [0.1, 0.15) is 60.8 Å². The predicted octanol–water partition coefficient (Wildman–Crippen LogP) is 3.90. The van der Waals surface area contributed by atoms with E-state index in [4.69, 9.17) is 18.9 Å². The van der Waals surface area contributed by atoms with E-state index in [1.807, 2.05) is 20.8 Å². The molecule has 0 fully saturated rings. The smallest absolute Gasteiger partial charge is 0.305 e. The second-order valence-electron chi connectivity index (χ2n) is 9.19. The van der Waals surface area contributed by atoms with Crippen LogP contribution in [-0.2, 0) is 33.3 Å². The lowest BCUT2D eigenvalue weighted by atomic mass is 9.74. The fourth-order valence-electron chi connectivity index (χ4n) is 4.55. The van der Waals surface area contributed by atoms with Crippen molar-refractivity contribution in [3.05, 3.63) is 47.3 Å². The van der Waals surface area contributed by atoms with Gasteiger partial charge in [-0.15, -0.1) is 0 Å². The molecular weight excluding hydrogens is 440 g/mol. The third-order valence-corrected chi connectivity index (χ3v) is 5.76. The zero-order valence-electron chi connectivity index (χ0n) is 20.8. The van der Waals surface area contributed by atoms with Crippen molar-refractivity contribution in [3.63, 3.8) is 0 Å². The SMILES string of the molecule is C=C1C[C@@H](O)/C=C(\C)CC[C@@H]2C([C@H](OC(C)=O)[C@H](C=C(C)C)OC(C)=O)=CO[C@H](OC(C)=O)[C@@H]12. The lowest BCUT2D eigenvalue weighted by Crippen LogP contribution is -2.45. The number of rotatable bonds is 6. The Morgan fingerprint density at radius 1 is 1.12 bits per heavy atom. The maximum Gasteiger partial charge on any atom is 0.305 e. The van der Waals surface area contributed by atoms with Crippen LogP contribution in [-0.4, -0.2) is 47.6 Å². The summed E-state index contributed by atoms with van der Waals surface area (Å²) >= 11 is 0. The molecule has 0 radical (unpaired) electrons. The third-order valence-electron chi connectivity index (χ3n) is 5.76. The van der Waals surface area contributed by atoms with E-state index >= 15 is 0 Å². The van der Waals surface area contributed by atoms with Gasteiger partial charge in [0, 0.05) is 32.3 Å². The van der Waals surface area contributed by atoms with Gasteiger partial charge in [0.25, 0.3) is 0 Å². The number of hydrogen-bond donors (Lipinski definition) is 1. The molecule has 2 rings (SSSR count). The van der Waals surface area contributed by atoms with Gasteiger partial charge in [0.1, 0.15) is 0 Å². The Hall–Kier alpha value is -2.87. The number of aliphatic hydroxyl groups excluding tert-OH is 1. The molecule has 0 aromatic rings. The monoisotopic (exact) mass is 476 g/mol. The fraction of sp³-hybridized carbons (Fsp3) is 0.577. The second kappa shape index (κ2) is 12.0. The van der Waals surface area contributed by atoms with Crippen molar-refractivity contribution in [2.24, 2.45) is 11.8 Å². The van der Waals surface area contributed by atoms with Crippen molar-refractivity contribution in [2.45, 2.75) is 85.4 Å². The minimum atomic E-state index is -0.954. The van der Waals surface area contributed by atoms with Gasteiger partial charge in [-0.25, -0.2) is 0 Å². The standard InChI is InChI=1S/C26H36O8/c1-14(2)10-23(32-17(5)27)25(33-18(6)28)22-13-31-26(34-19(7)29)24-16(4)12-20(30)11-15(3)8-9-21(22)24/h10-11,13,20-21,23-26,30H,4,8-9,12H2,1-3,5-7H3/b15-11+/t20-,21+,23-,24-,25-,26+/m0/s1. The van der Waals surface area contributed by atoms with Crippen LogP contribution in [0.5, 0.6) is 0 Å². The summed E-state index contributed by atoms with van der Waals surface area (Å²) in [4.78, 5) is 35.8. The number of carbonyl (C=O) groups excluding carboxylic acids is 3. The summed E-state index contributed by atoms with van der Waals surface area (Å²) in [5.41, 5.74) is 3.11. The van der Waals surface area contributed by atoms with Crippen molar-refractivity contribution >= 4 is 17.9 Å². The maximum absolute atomic E-state index is 12.1. The van der Waals surface area contributed by atoms with E-state index in [0.717, 1.165) is 11.1 Å². The molecule has 34 heavy (non-hydrogen) atoms. The molecule has 0 aromatic carbocycles. The molecule has 0 saturated heterocycles. The molecule has 1 heterocycles. The fourth-order valence-corrected chi connectivity index (χ4v) is 4.55. The lowest BCUT2D eigenvalue weighted by Gasteiger charge is -2.41. The van der Waals surface area contributed by atoms with Gasteiger partial charge in [0.2, 0.25) is 6.29 Å². The van der Waals surface area contributed by atoms with Gasteiger partial charge in [0.05, 0.1) is 18.3 Å². The van der Waals surface area contributed by atoms with Crippen LogP contribution >= 0.6 is 0 Å². The van der Waals surface area contributed by atoms with Crippen LogP contribution in [0, 0.1) is 11.8 Å². The normalized spacial score (nSPS) is 28.0. The third kappa shape index (κ3) is 7.58. The highest BCUT2D eigenvalue weighted by atomic mass is 16.7. The van der Waals surface area contributed by atoms with Crippen LogP contribution in [0.2, 0.25) is 0 Å². The van der Waals surface area contributed by atoms with Crippen molar-refractivity contribution < 1.29 is 38.4 Å². The van der Waals surface area contributed by atoms with Crippen molar-refractivity contribution in [1.82, 2.24) is 0 Å². The number of allylic oxidation sites excluding steroid dienone is 2. The Morgan fingerprint density at radius 3 is 2.32 bits per heavy atom. The average Bonchev–Trinajstić information content (AvgIpc) is 2.73. The molecule has 1 aliphatic heterocycles. The van der Waals surface area contributed by atoms with Gasteiger partial charge < -0.3 is 24.1 Å². The highest BCUT2D eigenvalue weighted by Crippen LogP contribution is 2.44. The van der Waals surface area contributed by atoms with Gasteiger partial charge in [-0.1, -0.05) is 29.4 Å². The first-order chi connectivity index (χ1) is 15.9. The number of ether oxygens (including phenoxy) is 4. The zero-order chi connectivity index (χ0) is 25.6. The molecule has 0 aromatic heterocycles. The Labute approximate surface area is 201 Å². The van der Waals surface area contributed by atoms with Gasteiger partial charge in [-0.05, 0) is 46.1 Å². The molecule has 0 unspecified atom stereocenters. The largest absolute Gasteiger partial charge is 0.462 e. The van der Waals surface area contributed by atoms with Crippen LogP contribution in [0.3, 0.4) is 0 Å². The molecule has 1 N–H and O–H groups in total. The minimum Gasteiger partial charge on any atom is -0.462 e. The van der Waals surface area contributed by atoms with Crippen molar-refractivity contribution in [3.8, 4) is 0 Å². The average molecular weight is 477 g/mol. The first-order valence-corrected chi connectivity index (χ1v) is 11.4. The molecule has 8 nitrogen and oxygen atoms in total. The first-order valence-electron chi connectivity index (χ1n) is 11.4. The molecular formula is C26H36O8. The lowest BCUT2D eigenvalue weighted by molar-refractivity contribution is -0.182. The summed E-state index contributed by atoms with van der Waals surface area (Å²) in [6.45, 7) is 13.7. The highest BCUT2D eigenvalue weighted by molar-refractivity contribution is 5.68. The number of fused-ring (bicyclic) bond motifs is 1. The molecule has 6 atom stereocenters. The van der Waals surface area contributed by atoms with Crippen molar-refractivity contribution in [1.29, 1.82) is 0 Å². The summed E-state index contributed by atoms with van der Waals surface area (Å²) in [5.74, 6) is -2.39. The quantitative estimate of drug-likeness (QED) is 0.349. The topological polar surface area (TPSA) is 108 Å². The van der Waals surface area contributed by atoms with Crippen LogP contribution in [0.15, 0.2) is 47.3 Å². The predicted molar refractivity (Wildman–Crippen MR) is 125 cm³/mol. The summed E-state index contributed by atoms with van der Waals surface area (Å²) < 4.78 is 22.5. The van der Waals surface area contributed by atoms with Gasteiger partial charge in [-0.3, -0.25) is 14.4 Å². The number of aliphatic hydroxyl groups is 1. The molecule has 1 aliphatic carbocycles. The highest BCUT2D eigenvalue weighted by Gasteiger charge is 2.45. The van der Waals surface area contributed by atoms with Crippen LogP contribution in [0.25, 0.3) is 0 Å². The minimum absolute atomic E-state index is 0.256. The van der Waals surface area contributed by atoms with E-state index in [1.54, 1.807) is 12.2 Å². The first kappa shape index (κ1) is 27.4. The van der Waals surface area contributed by atoms with E-state index in [9.17, 15) is 19.5 Å². The Balaban J connectivity index is 2.62. The Kier molecular flexibility index (Phi) is 9.67. The summed E-state index contributed by atoms with van der Waals surface area (Å²) in [5, 5.41) is 10.5. The summed E-state index contributed by atoms with van der Waals surface area (Å²) in [7, 11) is 0. The molecule has 0 spiro atoms. The van der Waals surface area contributed by atoms with Gasteiger partial charge in [-0.2, -0.15) is 0 Å². The number of hydrogen-bond acceptors (Lipinski definition) is 8. The molecule has 8 heteroatoms. The molecule has 2 aliphatic rings. The molecule has 0 bridgehead atoms. The maximum atomic E-state index is 12.1. The van der Waals surface area contributed by atoms with E-state index in [1.165, 1.54) is 27.0 Å². The zero-order valence-corrected chi connectivity index (χ0v) is 20.8. The molecule has 188 valence electrons. The van der Waals surface area contributed by atoms with Gasteiger partial charge >= 0.3 is 17.9 Å². The van der Waals surface area contributed by atoms with Crippen molar-refractivity contribution in [2.75, 3.05) is 0 Å². The number of esters is 3. The second-order valence-corrected chi connectivity index (χ2v) is 9.19. The van der Waals surface area contributed by atoms with E-state index in [-0.39, 0.29) is 12.3 Å². The Bertz CT molecular complexity index is 892.